The molecule has 8 atom stereocenters. The normalized spacial score (nSPS) is 50.4. The Labute approximate surface area is 161 Å². The average Bonchev–Trinajstić information content (AvgIpc) is 2.99. The van der Waals surface area contributed by atoms with Crippen molar-refractivity contribution >= 4 is 11.9 Å². The summed E-state index contributed by atoms with van der Waals surface area (Å²) in [6.45, 7) is 6.25. The van der Waals surface area contributed by atoms with Crippen molar-refractivity contribution in [3.05, 3.63) is 11.6 Å². The molecule has 0 aromatic carbocycles. The van der Waals surface area contributed by atoms with Crippen molar-refractivity contribution in [3.63, 3.8) is 0 Å². The van der Waals surface area contributed by atoms with E-state index in [1.165, 1.54) is 19.8 Å². The van der Waals surface area contributed by atoms with Crippen LogP contribution in [0.3, 0.4) is 0 Å². The lowest BCUT2D eigenvalue weighted by atomic mass is 9.52. The van der Waals surface area contributed by atoms with Gasteiger partial charge in [0.2, 0.25) is 0 Å². The second kappa shape index (κ2) is 5.82. The lowest BCUT2D eigenvalue weighted by molar-refractivity contribution is -0.176. The van der Waals surface area contributed by atoms with E-state index in [2.05, 4.69) is 19.9 Å². The number of fused-ring (bicyclic) bond motifs is 3. The van der Waals surface area contributed by atoms with Crippen LogP contribution in [0.1, 0.15) is 52.9 Å². The van der Waals surface area contributed by atoms with Gasteiger partial charge in [0.1, 0.15) is 0 Å². The van der Waals surface area contributed by atoms with E-state index >= 15 is 0 Å². The Morgan fingerprint density at radius 2 is 1.81 bits per heavy atom. The minimum absolute atomic E-state index is 0.195. The molecule has 27 heavy (non-hydrogen) atoms. The van der Waals surface area contributed by atoms with Gasteiger partial charge in [0.15, 0.2) is 0 Å². The highest BCUT2D eigenvalue weighted by Crippen LogP contribution is 2.76. The molecule has 5 nitrogen and oxygen atoms in total. The molecular weight excluding hydrogens is 344 g/mol. The first-order chi connectivity index (χ1) is 12.6. The Balaban J connectivity index is 1.95. The second-order valence-corrected chi connectivity index (χ2v) is 9.99. The fourth-order valence-electron chi connectivity index (χ4n) is 8.17. The molecule has 0 aromatic rings. The molecule has 4 aliphatic carbocycles. The summed E-state index contributed by atoms with van der Waals surface area (Å²) in [4.78, 5) is 26.1. The van der Waals surface area contributed by atoms with E-state index < -0.39 is 11.5 Å². The number of rotatable bonds is 2. The topological polar surface area (TPSA) is 72.8 Å². The highest BCUT2D eigenvalue weighted by Gasteiger charge is 2.75. The van der Waals surface area contributed by atoms with E-state index in [0.29, 0.717) is 18.8 Å². The van der Waals surface area contributed by atoms with Crippen LogP contribution in [-0.4, -0.2) is 37.4 Å². The van der Waals surface area contributed by atoms with Crippen molar-refractivity contribution in [3.8, 4) is 0 Å². The van der Waals surface area contributed by atoms with Gasteiger partial charge in [-0.3, -0.25) is 9.59 Å². The molecule has 5 heteroatoms. The van der Waals surface area contributed by atoms with Gasteiger partial charge < -0.3 is 14.6 Å². The van der Waals surface area contributed by atoms with Gasteiger partial charge in [0.05, 0.1) is 31.7 Å². The number of hydrogen-bond acceptors (Lipinski definition) is 5. The summed E-state index contributed by atoms with van der Waals surface area (Å²) in [6.07, 6.45) is 5.85. The number of allylic oxidation sites excluding steroid dienone is 2. The zero-order valence-corrected chi connectivity index (χ0v) is 17.1. The summed E-state index contributed by atoms with van der Waals surface area (Å²) in [6, 6.07) is 0. The zero-order valence-electron chi connectivity index (χ0n) is 17.1. The number of carbonyl (C=O) groups excluding carboxylic acids is 2. The van der Waals surface area contributed by atoms with Gasteiger partial charge in [-0.15, -0.1) is 0 Å². The summed E-state index contributed by atoms with van der Waals surface area (Å²) in [5.74, 6) is -0.310. The van der Waals surface area contributed by atoms with Crippen LogP contribution >= 0.6 is 0 Å². The smallest absolute Gasteiger partial charge is 0.311 e. The van der Waals surface area contributed by atoms with Crippen LogP contribution in [0.15, 0.2) is 11.6 Å². The number of carbonyl (C=O) groups is 2. The maximum absolute atomic E-state index is 13.2. The van der Waals surface area contributed by atoms with Crippen LogP contribution in [0, 0.1) is 39.9 Å². The maximum Gasteiger partial charge on any atom is 0.311 e. The van der Waals surface area contributed by atoms with E-state index in [4.69, 9.17) is 9.47 Å². The Morgan fingerprint density at radius 1 is 1.11 bits per heavy atom. The predicted octanol–water partition coefficient (Wildman–Crippen LogP) is 3.11. The first-order valence-electron chi connectivity index (χ1n) is 10.2. The van der Waals surface area contributed by atoms with Gasteiger partial charge in [-0.2, -0.15) is 0 Å². The lowest BCUT2D eigenvalue weighted by Crippen LogP contribution is -2.54. The summed E-state index contributed by atoms with van der Waals surface area (Å²) >= 11 is 0. The fraction of sp³-hybridized carbons (Fsp3) is 0.818. The van der Waals surface area contributed by atoms with E-state index in [1.807, 2.05) is 6.92 Å². The van der Waals surface area contributed by atoms with Crippen LogP contribution < -0.4 is 0 Å². The number of hydrogen-bond donors (Lipinski definition) is 1. The van der Waals surface area contributed by atoms with E-state index in [-0.39, 0.29) is 40.5 Å². The number of aliphatic hydroxyl groups excluding tert-OH is 1. The van der Waals surface area contributed by atoms with Gasteiger partial charge in [-0.05, 0) is 69.1 Å². The van der Waals surface area contributed by atoms with E-state index in [1.54, 1.807) is 0 Å². The molecule has 3 fully saturated rings. The third-order valence-electron chi connectivity index (χ3n) is 8.74. The van der Waals surface area contributed by atoms with Crippen molar-refractivity contribution in [2.45, 2.75) is 59.0 Å². The first-order valence-corrected chi connectivity index (χ1v) is 10.2. The van der Waals surface area contributed by atoms with Crippen molar-refractivity contribution in [1.82, 2.24) is 0 Å². The van der Waals surface area contributed by atoms with Gasteiger partial charge in [0.25, 0.3) is 0 Å². The van der Waals surface area contributed by atoms with Crippen LogP contribution in [-0.2, 0) is 19.1 Å². The maximum atomic E-state index is 13.2. The molecule has 3 saturated carbocycles. The van der Waals surface area contributed by atoms with Gasteiger partial charge in [0, 0.05) is 5.41 Å². The predicted molar refractivity (Wildman–Crippen MR) is 99.5 cm³/mol. The zero-order chi connectivity index (χ0) is 19.8. The lowest BCUT2D eigenvalue weighted by Gasteiger charge is -2.52. The highest BCUT2D eigenvalue weighted by molar-refractivity contribution is 5.81. The monoisotopic (exact) mass is 376 g/mol. The molecule has 2 bridgehead atoms. The molecule has 1 N–H and O–H groups in total. The fourth-order valence-corrected chi connectivity index (χ4v) is 8.17. The number of aliphatic hydroxyl groups is 1. The van der Waals surface area contributed by atoms with Crippen LogP contribution in [0.25, 0.3) is 0 Å². The summed E-state index contributed by atoms with van der Waals surface area (Å²) in [5.41, 5.74) is -0.0925. The third kappa shape index (κ3) is 2.21. The van der Waals surface area contributed by atoms with E-state index in [9.17, 15) is 14.7 Å². The standard InChI is InChI=1S/C22H32O5/c1-12-8-22-9-13(12)6-7-15(22)20(2)10-14(23)11-21(3,19(25)27-5)17(20)16(22)18(24)26-4/h8,13-17,23H,6-7,9-11H2,1-5H3/t13-,14+,15+,16-,17+,20+,21-,22+/m1/s1. The largest absolute Gasteiger partial charge is 0.469 e. The quantitative estimate of drug-likeness (QED) is 0.592. The molecule has 1 spiro atoms. The third-order valence-corrected chi connectivity index (χ3v) is 8.74. The van der Waals surface area contributed by atoms with Gasteiger partial charge in [-0.25, -0.2) is 0 Å². The van der Waals surface area contributed by atoms with Crippen molar-refractivity contribution in [2.75, 3.05) is 14.2 Å². The van der Waals surface area contributed by atoms with Gasteiger partial charge in [-0.1, -0.05) is 18.6 Å². The summed E-state index contributed by atoms with van der Waals surface area (Å²) in [7, 11) is 2.84. The Kier molecular flexibility index (Phi) is 4.09. The van der Waals surface area contributed by atoms with Crippen LogP contribution in [0.2, 0.25) is 0 Å². The van der Waals surface area contributed by atoms with Crippen molar-refractivity contribution in [2.24, 2.45) is 39.9 Å². The molecule has 0 unspecified atom stereocenters. The summed E-state index contributed by atoms with van der Waals surface area (Å²) in [5, 5.41) is 10.8. The molecule has 4 aliphatic rings. The number of esters is 2. The molecule has 150 valence electrons. The molecule has 0 heterocycles. The number of methoxy groups -OCH3 is 2. The second-order valence-electron chi connectivity index (χ2n) is 9.99. The van der Waals surface area contributed by atoms with Crippen LogP contribution in [0.5, 0.6) is 0 Å². The molecular formula is C22H32O5. The molecule has 0 radical (unpaired) electrons. The molecule has 0 amide bonds. The summed E-state index contributed by atoms with van der Waals surface area (Å²) < 4.78 is 10.5. The molecule has 4 rings (SSSR count). The van der Waals surface area contributed by atoms with Gasteiger partial charge >= 0.3 is 11.9 Å². The first kappa shape index (κ1) is 19.0. The minimum atomic E-state index is -0.897. The SMILES string of the molecule is COC(=O)[C@H]1[C@H]2[C@@](C)(C[C@H](O)C[C@@]2(C)C(=O)OC)[C@@H]2CC[C@@H]3C[C@]12C=C3C. The highest BCUT2D eigenvalue weighted by atomic mass is 16.5. The molecule has 0 aromatic heterocycles. The minimum Gasteiger partial charge on any atom is -0.469 e. The van der Waals surface area contributed by atoms with E-state index in [0.717, 1.165) is 19.3 Å². The Morgan fingerprint density at radius 3 is 2.44 bits per heavy atom. The Hall–Kier alpha value is -1.36. The molecule has 0 aliphatic heterocycles. The Bertz CT molecular complexity index is 713. The van der Waals surface area contributed by atoms with Crippen molar-refractivity contribution in [1.29, 1.82) is 0 Å². The average molecular weight is 376 g/mol. The van der Waals surface area contributed by atoms with Crippen molar-refractivity contribution < 1.29 is 24.2 Å². The number of ether oxygens (including phenoxy) is 2. The van der Waals surface area contributed by atoms with Crippen LogP contribution in [0.4, 0.5) is 0 Å². The molecule has 0 saturated heterocycles.